The van der Waals surface area contributed by atoms with Gasteiger partial charge in [0.1, 0.15) is 0 Å². The molecule has 5 heteroatoms. The smallest absolute Gasteiger partial charge is 0.330 e. The van der Waals surface area contributed by atoms with E-state index in [1.54, 1.807) is 24.3 Å². The average molecular weight is 303 g/mol. The van der Waals surface area contributed by atoms with Crippen LogP contribution in [0.4, 0.5) is 0 Å². The van der Waals surface area contributed by atoms with Gasteiger partial charge in [-0.15, -0.1) is 0 Å². The summed E-state index contributed by atoms with van der Waals surface area (Å²) in [6, 6.07) is 6.45. The summed E-state index contributed by atoms with van der Waals surface area (Å²) >= 11 is 0. The molecule has 1 aliphatic rings. The molecule has 22 heavy (non-hydrogen) atoms. The first-order valence-corrected chi connectivity index (χ1v) is 7.83. The fraction of sp³-hybridized carbons (Fsp3) is 0.471. The van der Waals surface area contributed by atoms with Gasteiger partial charge in [-0.25, -0.2) is 4.79 Å². The Hall–Kier alpha value is -2.17. The highest BCUT2D eigenvalue weighted by atomic mass is 16.7. The molecule has 0 saturated carbocycles. The third-order valence-electron chi connectivity index (χ3n) is 3.68. The Kier molecular flexibility index (Phi) is 5.69. The maximum Gasteiger partial charge on any atom is 0.333 e. The number of hydrogen-bond acceptors (Lipinski definition) is 4. The quantitative estimate of drug-likeness (QED) is 0.544. The van der Waals surface area contributed by atoms with Crippen LogP contribution in [0.25, 0.3) is 0 Å². The van der Waals surface area contributed by atoms with Crippen LogP contribution in [0.5, 0.6) is 0 Å². The highest BCUT2D eigenvalue weighted by Crippen LogP contribution is 2.23. The number of imide groups is 1. The minimum Gasteiger partial charge on any atom is -0.330 e. The Morgan fingerprint density at radius 3 is 2.09 bits per heavy atom. The molecule has 0 radical (unpaired) electrons. The molecule has 0 N–H and O–H groups in total. The van der Waals surface area contributed by atoms with E-state index in [2.05, 4.69) is 6.92 Å². The summed E-state index contributed by atoms with van der Waals surface area (Å²) in [5.74, 6) is -1.68. The number of unbranched alkanes of at least 4 members (excludes halogenated alkanes) is 5. The van der Waals surface area contributed by atoms with Crippen LogP contribution in [0, 0.1) is 0 Å². The second-order valence-electron chi connectivity index (χ2n) is 5.43. The summed E-state index contributed by atoms with van der Waals surface area (Å²) in [5, 5.41) is 0.573. The van der Waals surface area contributed by atoms with E-state index >= 15 is 0 Å². The summed E-state index contributed by atoms with van der Waals surface area (Å²) in [7, 11) is 0. The van der Waals surface area contributed by atoms with Gasteiger partial charge in [-0.05, 0) is 18.6 Å². The molecule has 0 aliphatic carbocycles. The lowest BCUT2D eigenvalue weighted by molar-refractivity contribution is -0.168. The van der Waals surface area contributed by atoms with Crippen LogP contribution >= 0.6 is 0 Å². The predicted octanol–water partition coefficient (Wildman–Crippen LogP) is 3.49. The van der Waals surface area contributed by atoms with E-state index in [-0.39, 0.29) is 17.5 Å². The number of hydrogen-bond donors (Lipinski definition) is 0. The van der Waals surface area contributed by atoms with E-state index in [0.29, 0.717) is 11.5 Å². The zero-order valence-electron chi connectivity index (χ0n) is 12.8. The zero-order valence-corrected chi connectivity index (χ0v) is 12.8. The fourth-order valence-corrected chi connectivity index (χ4v) is 2.45. The first-order valence-electron chi connectivity index (χ1n) is 7.83. The van der Waals surface area contributed by atoms with Crippen LogP contribution in [-0.4, -0.2) is 22.8 Å². The Balaban J connectivity index is 1.79. The van der Waals surface area contributed by atoms with Crippen LogP contribution in [0.1, 0.15) is 72.6 Å². The van der Waals surface area contributed by atoms with Gasteiger partial charge >= 0.3 is 5.97 Å². The molecule has 2 amide bonds. The molecule has 2 rings (SSSR count). The Morgan fingerprint density at radius 2 is 1.50 bits per heavy atom. The second kappa shape index (κ2) is 7.73. The average Bonchev–Trinajstić information content (AvgIpc) is 2.76. The number of fused-ring (bicyclic) bond motifs is 1. The second-order valence-corrected chi connectivity index (χ2v) is 5.43. The first-order chi connectivity index (χ1) is 10.6. The Labute approximate surface area is 130 Å². The van der Waals surface area contributed by atoms with Crippen molar-refractivity contribution in [3.8, 4) is 0 Å². The van der Waals surface area contributed by atoms with E-state index < -0.39 is 17.8 Å². The van der Waals surface area contributed by atoms with Crippen LogP contribution < -0.4 is 0 Å². The van der Waals surface area contributed by atoms with Crippen molar-refractivity contribution in [3.63, 3.8) is 0 Å². The number of amides is 2. The number of rotatable bonds is 8. The topological polar surface area (TPSA) is 63.7 Å². The van der Waals surface area contributed by atoms with Gasteiger partial charge < -0.3 is 4.84 Å². The molecule has 1 aliphatic heterocycles. The lowest BCUT2D eigenvalue weighted by Crippen LogP contribution is -2.32. The lowest BCUT2D eigenvalue weighted by atomic mass is 10.1. The minimum atomic E-state index is -0.572. The van der Waals surface area contributed by atoms with Crippen molar-refractivity contribution in [1.82, 2.24) is 5.06 Å². The molecule has 0 saturated heterocycles. The molecule has 0 unspecified atom stereocenters. The van der Waals surface area contributed by atoms with Crippen molar-refractivity contribution in [1.29, 1.82) is 0 Å². The number of carbonyl (C=O) groups excluding carboxylic acids is 3. The van der Waals surface area contributed by atoms with E-state index in [1.807, 2.05) is 0 Å². The van der Waals surface area contributed by atoms with Crippen molar-refractivity contribution >= 4 is 17.8 Å². The van der Waals surface area contributed by atoms with Crippen LogP contribution in [-0.2, 0) is 9.63 Å². The van der Waals surface area contributed by atoms with E-state index in [1.165, 1.54) is 19.3 Å². The third-order valence-corrected chi connectivity index (χ3v) is 3.68. The molecular weight excluding hydrogens is 282 g/mol. The third kappa shape index (κ3) is 3.72. The molecule has 1 aromatic carbocycles. The normalized spacial score (nSPS) is 13.4. The first kappa shape index (κ1) is 16.2. The molecule has 0 atom stereocenters. The highest BCUT2D eigenvalue weighted by molar-refractivity contribution is 6.20. The van der Waals surface area contributed by atoms with Gasteiger partial charge in [-0.3, -0.25) is 9.59 Å². The maximum absolute atomic E-state index is 12.0. The summed E-state index contributed by atoms with van der Waals surface area (Å²) in [5.41, 5.74) is 0.555. The van der Waals surface area contributed by atoms with Crippen LogP contribution in [0.2, 0.25) is 0 Å². The minimum absolute atomic E-state index is 0.222. The van der Waals surface area contributed by atoms with Crippen molar-refractivity contribution in [3.05, 3.63) is 35.4 Å². The van der Waals surface area contributed by atoms with Gasteiger partial charge in [-0.2, -0.15) is 0 Å². The standard InChI is InChI=1S/C17H21NO4/c1-2-3-4-5-6-7-12-15(19)22-18-16(20)13-10-8-9-11-14(13)17(18)21/h8-11H,2-7,12H2,1H3. The van der Waals surface area contributed by atoms with Gasteiger partial charge in [0.15, 0.2) is 0 Å². The van der Waals surface area contributed by atoms with Crippen molar-refractivity contribution < 1.29 is 19.2 Å². The summed E-state index contributed by atoms with van der Waals surface area (Å²) in [4.78, 5) is 40.7. The van der Waals surface area contributed by atoms with Crippen LogP contribution in [0.3, 0.4) is 0 Å². The molecule has 0 bridgehead atoms. The molecule has 1 heterocycles. The molecule has 1 aromatic rings. The molecule has 0 aromatic heterocycles. The summed E-state index contributed by atoms with van der Waals surface area (Å²) in [6.07, 6.45) is 6.54. The van der Waals surface area contributed by atoms with Gasteiger partial charge in [0.05, 0.1) is 11.1 Å². The van der Waals surface area contributed by atoms with E-state index in [0.717, 1.165) is 12.8 Å². The Bertz CT molecular complexity index is 533. The lowest BCUT2D eigenvalue weighted by Gasteiger charge is -2.12. The molecule has 0 fully saturated rings. The monoisotopic (exact) mass is 303 g/mol. The van der Waals surface area contributed by atoms with Crippen LogP contribution in [0.15, 0.2) is 24.3 Å². The van der Waals surface area contributed by atoms with Crippen molar-refractivity contribution in [2.24, 2.45) is 0 Å². The largest absolute Gasteiger partial charge is 0.333 e. The van der Waals surface area contributed by atoms with Gasteiger partial charge in [0.25, 0.3) is 11.8 Å². The molecular formula is C17H21NO4. The van der Waals surface area contributed by atoms with Gasteiger partial charge in [0.2, 0.25) is 0 Å². The fourth-order valence-electron chi connectivity index (χ4n) is 2.45. The zero-order chi connectivity index (χ0) is 15.9. The molecule has 118 valence electrons. The summed E-state index contributed by atoms with van der Waals surface area (Å²) < 4.78 is 0. The van der Waals surface area contributed by atoms with Crippen molar-refractivity contribution in [2.75, 3.05) is 0 Å². The number of benzene rings is 1. The van der Waals surface area contributed by atoms with Crippen molar-refractivity contribution in [2.45, 2.75) is 51.9 Å². The summed E-state index contributed by atoms with van der Waals surface area (Å²) in [6.45, 7) is 2.15. The van der Waals surface area contributed by atoms with E-state index in [4.69, 9.17) is 4.84 Å². The number of hydroxylamine groups is 2. The number of carbonyl (C=O) groups is 3. The molecule has 0 spiro atoms. The maximum atomic E-state index is 12.0. The predicted molar refractivity (Wildman–Crippen MR) is 81.0 cm³/mol. The SMILES string of the molecule is CCCCCCCCC(=O)ON1C(=O)c2ccccc2C1=O. The van der Waals surface area contributed by atoms with E-state index in [9.17, 15) is 14.4 Å². The Morgan fingerprint density at radius 1 is 0.955 bits per heavy atom. The highest BCUT2D eigenvalue weighted by Gasteiger charge is 2.38. The number of nitrogens with zero attached hydrogens (tertiary/aromatic N) is 1. The van der Waals surface area contributed by atoms with Gasteiger partial charge in [0, 0.05) is 6.42 Å². The van der Waals surface area contributed by atoms with Gasteiger partial charge in [-0.1, -0.05) is 56.2 Å². The molecule has 5 nitrogen and oxygen atoms in total.